The lowest BCUT2D eigenvalue weighted by atomic mass is 9.95. The maximum absolute atomic E-state index is 11.0. The average molecular weight is 410 g/mol. The van der Waals surface area contributed by atoms with E-state index in [1.807, 2.05) is 49.4 Å². The van der Waals surface area contributed by atoms with Gasteiger partial charge in [-0.1, -0.05) is 59.1 Å². The van der Waals surface area contributed by atoms with E-state index in [-0.39, 0.29) is 5.75 Å². The molecule has 1 atom stereocenters. The van der Waals surface area contributed by atoms with Gasteiger partial charge in [-0.05, 0) is 36.8 Å². The first-order chi connectivity index (χ1) is 13.5. The SMILES string of the molecule is Cc1ccc(Cl)c(C(Nc2cc(Cl)ccn2)c2ccc3cccnc3c2O)c1. The lowest BCUT2D eigenvalue weighted by Crippen LogP contribution is -2.14. The summed E-state index contributed by atoms with van der Waals surface area (Å²) in [7, 11) is 0. The van der Waals surface area contributed by atoms with Crippen molar-refractivity contribution >= 4 is 39.9 Å². The van der Waals surface area contributed by atoms with Crippen LogP contribution in [-0.4, -0.2) is 15.1 Å². The summed E-state index contributed by atoms with van der Waals surface area (Å²) in [4.78, 5) is 8.67. The number of nitrogens with one attached hydrogen (secondary N) is 1. The number of nitrogens with zero attached hydrogens (tertiary/aromatic N) is 2. The Morgan fingerprint density at radius 2 is 1.79 bits per heavy atom. The molecular weight excluding hydrogens is 393 g/mol. The largest absolute Gasteiger partial charge is 0.505 e. The summed E-state index contributed by atoms with van der Waals surface area (Å²) in [5.41, 5.74) is 3.08. The first kappa shape index (κ1) is 18.5. The number of anilines is 1. The van der Waals surface area contributed by atoms with E-state index in [2.05, 4.69) is 15.3 Å². The van der Waals surface area contributed by atoms with Gasteiger partial charge < -0.3 is 10.4 Å². The lowest BCUT2D eigenvalue weighted by Gasteiger charge is -2.23. The van der Waals surface area contributed by atoms with Gasteiger partial charge in [0.05, 0.1) is 6.04 Å². The molecule has 2 heterocycles. The molecule has 0 aliphatic heterocycles. The maximum atomic E-state index is 11.0. The Labute approximate surface area is 172 Å². The molecule has 0 aliphatic carbocycles. The summed E-state index contributed by atoms with van der Waals surface area (Å²) < 4.78 is 0. The van der Waals surface area contributed by atoms with Crippen LogP contribution in [0.25, 0.3) is 10.9 Å². The van der Waals surface area contributed by atoms with Gasteiger partial charge in [0.2, 0.25) is 0 Å². The molecule has 0 amide bonds. The second-order valence-corrected chi connectivity index (χ2v) is 7.38. The first-order valence-corrected chi connectivity index (χ1v) is 9.49. The molecule has 6 heteroatoms. The van der Waals surface area contributed by atoms with Crippen molar-refractivity contribution < 1.29 is 5.11 Å². The van der Waals surface area contributed by atoms with Gasteiger partial charge >= 0.3 is 0 Å². The Morgan fingerprint density at radius 3 is 2.61 bits per heavy atom. The number of hydrogen-bond donors (Lipinski definition) is 2. The molecule has 2 aromatic carbocycles. The second kappa shape index (κ2) is 7.66. The number of fused-ring (bicyclic) bond motifs is 1. The van der Waals surface area contributed by atoms with Gasteiger partial charge in [0.1, 0.15) is 17.1 Å². The van der Waals surface area contributed by atoms with Gasteiger partial charge in [-0.3, -0.25) is 4.98 Å². The van der Waals surface area contributed by atoms with Crippen LogP contribution in [0.2, 0.25) is 10.0 Å². The van der Waals surface area contributed by atoms with Crippen molar-refractivity contribution in [1.29, 1.82) is 0 Å². The van der Waals surface area contributed by atoms with E-state index in [1.165, 1.54) is 0 Å². The molecule has 140 valence electrons. The third-order valence-corrected chi connectivity index (χ3v) is 5.15. The number of pyridine rings is 2. The number of rotatable bonds is 4. The minimum Gasteiger partial charge on any atom is -0.505 e. The van der Waals surface area contributed by atoms with E-state index in [0.717, 1.165) is 16.5 Å². The van der Waals surface area contributed by atoms with Crippen molar-refractivity contribution in [2.75, 3.05) is 5.32 Å². The van der Waals surface area contributed by atoms with Gasteiger partial charge in [-0.15, -0.1) is 0 Å². The molecule has 2 aromatic heterocycles. The maximum Gasteiger partial charge on any atom is 0.147 e. The minimum atomic E-state index is -0.440. The highest BCUT2D eigenvalue weighted by molar-refractivity contribution is 6.31. The Hall–Kier alpha value is -2.82. The van der Waals surface area contributed by atoms with Crippen LogP contribution in [0.5, 0.6) is 5.75 Å². The number of phenols is 1. The Balaban J connectivity index is 1.90. The van der Waals surface area contributed by atoms with Gasteiger partial charge in [-0.25, -0.2) is 4.98 Å². The van der Waals surface area contributed by atoms with Gasteiger partial charge in [0.15, 0.2) is 0 Å². The van der Waals surface area contributed by atoms with Gasteiger partial charge in [0.25, 0.3) is 0 Å². The summed E-state index contributed by atoms with van der Waals surface area (Å²) in [6.45, 7) is 2.00. The molecule has 1 unspecified atom stereocenters. The molecular formula is C22H17Cl2N3O. The van der Waals surface area contributed by atoms with Gasteiger partial charge in [-0.2, -0.15) is 0 Å². The van der Waals surface area contributed by atoms with E-state index in [1.54, 1.807) is 24.5 Å². The van der Waals surface area contributed by atoms with E-state index >= 15 is 0 Å². The van der Waals surface area contributed by atoms with Crippen molar-refractivity contribution in [1.82, 2.24) is 9.97 Å². The highest BCUT2D eigenvalue weighted by atomic mass is 35.5. The molecule has 4 rings (SSSR count). The molecule has 4 aromatic rings. The predicted octanol–water partition coefficient (Wildman–Crippen LogP) is 6.15. The molecule has 28 heavy (non-hydrogen) atoms. The summed E-state index contributed by atoms with van der Waals surface area (Å²) >= 11 is 12.6. The highest BCUT2D eigenvalue weighted by Crippen LogP contribution is 2.38. The number of phenolic OH excluding ortho intramolecular Hbond substituents is 1. The van der Waals surface area contributed by atoms with Crippen LogP contribution >= 0.6 is 23.2 Å². The molecule has 2 N–H and O–H groups in total. The molecule has 4 nitrogen and oxygen atoms in total. The first-order valence-electron chi connectivity index (χ1n) is 8.73. The summed E-state index contributed by atoms with van der Waals surface area (Å²) in [5.74, 6) is 0.686. The molecule has 0 aliphatic rings. The third-order valence-electron chi connectivity index (χ3n) is 4.57. The number of hydrogen-bond acceptors (Lipinski definition) is 4. The highest BCUT2D eigenvalue weighted by Gasteiger charge is 2.22. The van der Waals surface area contributed by atoms with E-state index in [4.69, 9.17) is 23.2 Å². The van der Waals surface area contributed by atoms with Crippen molar-refractivity contribution in [3.05, 3.63) is 93.7 Å². The summed E-state index contributed by atoms with van der Waals surface area (Å²) in [6, 6.07) is 16.3. The number of aryl methyl sites for hydroxylation is 1. The van der Waals surface area contributed by atoms with E-state index in [9.17, 15) is 5.11 Å². The topological polar surface area (TPSA) is 58.0 Å². The molecule has 0 radical (unpaired) electrons. The van der Waals surface area contributed by atoms with Crippen molar-refractivity contribution in [2.24, 2.45) is 0 Å². The Kier molecular flexibility index (Phi) is 5.07. The number of halogens is 2. The Morgan fingerprint density at radius 1 is 0.929 bits per heavy atom. The van der Waals surface area contributed by atoms with E-state index < -0.39 is 6.04 Å². The lowest BCUT2D eigenvalue weighted by molar-refractivity contribution is 0.471. The molecule has 0 spiro atoms. The molecule has 0 saturated heterocycles. The molecule has 0 fully saturated rings. The molecule has 0 bridgehead atoms. The number of benzene rings is 2. The number of aromatic hydroxyl groups is 1. The van der Waals surface area contributed by atoms with Crippen LogP contribution in [0.15, 0.2) is 67.0 Å². The third kappa shape index (κ3) is 3.61. The second-order valence-electron chi connectivity index (χ2n) is 6.54. The zero-order valence-corrected chi connectivity index (χ0v) is 16.5. The van der Waals surface area contributed by atoms with Crippen LogP contribution in [-0.2, 0) is 0 Å². The minimum absolute atomic E-state index is 0.107. The fourth-order valence-corrected chi connectivity index (χ4v) is 3.60. The van der Waals surface area contributed by atoms with Crippen LogP contribution in [0.1, 0.15) is 22.7 Å². The average Bonchev–Trinajstić information content (AvgIpc) is 2.69. The van der Waals surface area contributed by atoms with Gasteiger partial charge in [0, 0.05) is 33.4 Å². The monoisotopic (exact) mass is 409 g/mol. The van der Waals surface area contributed by atoms with Crippen LogP contribution in [0, 0.1) is 6.92 Å². The fourth-order valence-electron chi connectivity index (χ4n) is 3.22. The fraction of sp³-hybridized carbons (Fsp3) is 0.0909. The predicted molar refractivity (Wildman–Crippen MR) is 114 cm³/mol. The summed E-state index contributed by atoms with van der Waals surface area (Å²) in [6.07, 6.45) is 3.29. The smallest absolute Gasteiger partial charge is 0.147 e. The van der Waals surface area contributed by atoms with Crippen molar-refractivity contribution in [3.8, 4) is 5.75 Å². The zero-order chi connectivity index (χ0) is 19.7. The Bertz CT molecular complexity index is 1160. The normalized spacial score (nSPS) is 12.1. The number of aromatic nitrogens is 2. The zero-order valence-electron chi connectivity index (χ0n) is 15.0. The quantitative estimate of drug-likeness (QED) is 0.424. The van der Waals surface area contributed by atoms with Crippen molar-refractivity contribution in [3.63, 3.8) is 0 Å². The van der Waals surface area contributed by atoms with Crippen LogP contribution in [0.4, 0.5) is 5.82 Å². The van der Waals surface area contributed by atoms with Crippen LogP contribution in [0.3, 0.4) is 0 Å². The molecule has 0 saturated carbocycles. The van der Waals surface area contributed by atoms with E-state index in [0.29, 0.717) is 26.9 Å². The van der Waals surface area contributed by atoms with Crippen molar-refractivity contribution in [2.45, 2.75) is 13.0 Å². The van der Waals surface area contributed by atoms with Crippen LogP contribution < -0.4 is 5.32 Å². The standard InChI is InChI=1S/C22H17Cl2N3O/c1-13-4-7-18(24)17(11-13)21(27-19-12-15(23)8-10-25-19)16-6-5-14-3-2-9-26-20(14)22(16)28/h2-12,21,28H,1H3,(H,25,27). The summed E-state index contributed by atoms with van der Waals surface area (Å²) in [5, 5.41) is 16.4.